The van der Waals surface area contributed by atoms with Crippen molar-refractivity contribution < 1.29 is 27.8 Å². The Bertz CT molecular complexity index is 548. The molecule has 0 radical (unpaired) electrons. The van der Waals surface area contributed by atoms with Gasteiger partial charge in [0.1, 0.15) is 0 Å². The van der Waals surface area contributed by atoms with Gasteiger partial charge in [0.2, 0.25) is 10.9 Å². The summed E-state index contributed by atoms with van der Waals surface area (Å²) in [6.45, 7) is 0.300. The van der Waals surface area contributed by atoms with Crippen LogP contribution in [0.25, 0.3) is 0 Å². The molecule has 1 aromatic heterocycles. The summed E-state index contributed by atoms with van der Waals surface area (Å²) in [6, 6.07) is 2.20. The van der Waals surface area contributed by atoms with Crippen molar-refractivity contribution >= 4 is 16.0 Å². The smallest absolute Gasteiger partial charge is 0.371 e. The molecule has 100 valence electrons. The van der Waals surface area contributed by atoms with Crippen LogP contribution in [-0.2, 0) is 10.0 Å². The van der Waals surface area contributed by atoms with Crippen LogP contribution in [-0.4, -0.2) is 48.1 Å². The molecule has 1 aliphatic heterocycles. The number of hydrogen-bond acceptors (Lipinski definition) is 5. The average molecular weight is 275 g/mol. The molecule has 1 atom stereocenters. The van der Waals surface area contributed by atoms with Crippen molar-refractivity contribution in [2.75, 3.05) is 13.1 Å². The Balaban J connectivity index is 2.26. The highest BCUT2D eigenvalue weighted by Crippen LogP contribution is 2.22. The van der Waals surface area contributed by atoms with Crippen LogP contribution in [0.3, 0.4) is 0 Å². The zero-order valence-electron chi connectivity index (χ0n) is 9.44. The van der Waals surface area contributed by atoms with Gasteiger partial charge in [-0.05, 0) is 25.0 Å². The van der Waals surface area contributed by atoms with Gasteiger partial charge in [0.05, 0.1) is 6.10 Å². The van der Waals surface area contributed by atoms with Gasteiger partial charge in [0, 0.05) is 13.1 Å². The first-order valence-corrected chi connectivity index (χ1v) is 6.86. The lowest BCUT2D eigenvalue weighted by molar-refractivity contribution is 0.0655. The lowest BCUT2D eigenvalue weighted by atomic mass is 10.1. The van der Waals surface area contributed by atoms with Crippen molar-refractivity contribution in [2.45, 2.75) is 24.0 Å². The Labute approximate surface area is 104 Å². The van der Waals surface area contributed by atoms with E-state index in [2.05, 4.69) is 0 Å². The van der Waals surface area contributed by atoms with Crippen LogP contribution in [0.4, 0.5) is 0 Å². The first-order valence-electron chi connectivity index (χ1n) is 5.42. The number of rotatable bonds is 3. The minimum atomic E-state index is -3.86. The average Bonchev–Trinajstić information content (AvgIpc) is 2.79. The molecular formula is C10H13NO6S. The van der Waals surface area contributed by atoms with E-state index in [1.807, 2.05) is 0 Å². The van der Waals surface area contributed by atoms with E-state index >= 15 is 0 Å². The molecule has 2 N–H and O–H groups in total. The minimum absolute atomic E-state index is 0.00539. The van der Waals surface area contributed by atoms with E-state index in [4.69, 9.17) is 9.52 Å². The maximum absolute atomic E-state index is 12.1. The normalized spacial score (nSPS) is 21.9. The second kappa shape index (κ2) is 4.71. The summed E-state index contributed by atoms with van der Waals surface area (Å²) in [6.07, 6.45) is 0.430. The molecule has 0 bridgehead atoms. The Morgan fingerprint density at radius 2 is 2.17 bits per heavy atom. The van der Waals surface area contributed by atoms with E-state index in [0.29, 0.717) is 19.4 Å². The number of β-amino-alcohol motifs (C(OH)–C–C–N with tert-alkyl or cyclic N) is 1. The van der Waals surface area contributed by atoms with Gasteiger partial charge < -0.3 is 14.6 Å². The first kappa shape index (κ1) is 13.1. The standard InChI is InChI=1S/C10H13NO6S/c12-7-2-1-5-11(6-7)18(15,16)9-4-3-8(17-9)10(13)14/h3-4,7,12H,1-2,5-6H2,(H,13,14)/t7-/m0/s1. The third kappa shape index (κ3) is 2.40. The van der Waals surface area contributed by atoms with Crippen LogP contribution in [0, 0.1) is 0 Å². The molecular weight excluding hydrogens is 262 g/mol. The van der Waals surface area contributed by atoms with Gasteiger partial charge in [-0.25, -0.2) is 13.2 Å². The Morgan fingerprint density at radius 1 is 1.44 bits per heavy atom. The molecule has 0 unspecified atom stereocenters. The Hall–Kier alpha value is -1.38. The predicted octanol–water partition coefficient (Wildman–Crippen LogP) is 0.123. The SMILES string of the molecule is O=C(O)c1ccc(S(=O)(=O)N2CCC[C@H](O)C2)o1. The molecule has 1 saturated heterocycles. The van der Waals surface area contributed by atoms with Gasteiger partial charge in [-0.1, -0.05) is 0 Å². The number of carboxylic acid groups (broad SMARTS) is 1. The van der Waals surface area contributed by atoms with E-state index in [9.17, 15) is 18.3 Å². The Morgan fingerprint density at radius 3 is 2.72 bits per heavy atom. The number of furan rings is 1. The summed E-state index contributed by atoms with van der Waals surface area (Å²) in [7, 11) is -3.86. The maximum atomic E-state index is 12.1. The molecule has 2 rings (SSSR count). The second-order valence-corrected chi connectivity index (χ2v) is 5.95. The van der Waals surface area contributed by atoms with Crippen molar-refractivity contribution in [3.05, 3.63) is 17.9 Å². The maximum Gasteiger partial charge on any atom is 0.371 e. The first-order chi connectivity index (χ1) is 8.41. The summed E-state index contributed by atoms with van der Waals surface area (Å²) in [4.78, 5) is 10.6. The molecule has 1 aromatic rings. The van der Waals surface area contributed by atoms with E-state index in [1.165, 1.54) is 0 Å². The van der Waals surface area contributed by atoms with Gasteiger partial charge >= 0.3 is 5.97 Å². The highest BCUT2D eigenvalue weighted by molar-refractivity contribution is 7.89. The number of carbonyl (C=O) groups is 1. The summed E-state index contributed by atoms with van der Waals surface area (Å²) < 4.78 is 30.1. The second-order valence-electron chi connectivity index (χ2n) is 4.08. The molecule has 18 heavy (non-hydrogen) atoms. The summed E-state index contributed by atoms with van der Waals surface area (Å²) in [5.41, 5.74) is 0. The molecule has 7 nitrogen and oxygen atoms in total. The topological polar surface area (TPSA) is 108 Å². The lowest BCUT2D eigenvalue weighted by Crippen LogP contribution is -2.41. The molecule has 0 aliphatic carbocycles. The zero-order chi connectivity index (χ0) is 13.3. The molecule has 1 fully saturated rings. The fourth-order valence-electron chi connectivity index (χ4n) is 1.84. The number of hydrogen-bond donors (Lipinski definition) is 2. The van der Waals surface area contributed by atoms with E-state index in [0.717, 1.165) is 16.4 Å². The van der Waals surface area contributed by atoms with Gasteiger partial charge in [0.15, 0.2) is 0 Å². The number of aromatic carboxylic acids is 1. The molecule has 0 saturated carbocycles. The third-order valence-corrected chi connectivity index (χ3v) is 4.48. The number of aliphatic hydroxyl groups excluding tert-OH is 1. The van der Waals surface area contributed by atoms with Gasteiger partial charge in [-0.15, -0.1) is 0 Å². The van der Waals surface area contributed by atoms with Crippen molar-refractivity contribution in [3.8, 4) is 0 Å². The Kier molecular flexibility index (Phi) is 3.42. The predicted molar refractivity (Wildman–Crippen MR) is 59.7 cm³/mol. The number of carboxylic acids is 1. The quantitative estimate of drug-likeness (QED) is 0.811. The fraction of sp³-hybridized carbons (Fsp3) is 0.500. The molecule has 0 amide bonds. The third-order valence-electron chi connectivity index (χ3n) is 2.75. The van der Waals surface area contributed by atoms with Crippen molar-refractivity contribution in [1.29, 1.82) is 0 Å². The van der Waals surface area contributed by atoms with Crippen LogP contribution < -0.4 is 0 Å². The highest BCUT2D eigenvalue weighted by atomic mass is 32.2. The van der Waals surface area contributed by atoms with Gasteiger partial charge in [-0.3, -0.25) is 0 Å². The molecule has 1 aliphatic rings. The van der Waals surface area contributed by atoms with Crippen molar-refractivity contribution in [1.82, 2.24) is 4.31 Å². The van der Waals surface area contributed by atoms with Crippen LogP contribution in [0.5, 0.6) is 0 Å². The van der Waals surface area contributed by atoms with Crippen molar-refractivity contribution in [2.24, 2.45) is 0 Å². The zero-order valence-corrected chi connectivity index (χ0v) is 10.3. The number of aliphatic hydroxyl groups is 1. The van der Waals surface area contributed by atoms with Crippen LogP contribution in [0.1, 0.15) is 23.4 Å². The highest BCUT2D eigenvalue weighted by Gasteiger charge is 2.32. The summed E-state index contributed by atoms with van der Waals surface area (Å²) in [5, 5.41) is 17.7. The monoisotopic (exact) mass is 275 g/mol. The van der Waals surface area contributed by atoms with E-state index in [1.54, 1.807) is 0 Å². The van der Waals surface area contributed by atoms with Crippen molar-refractivity contribution in [3.63, 3.8) is 0 Å². The van der Waals surface area contributed by atoms with E-state index < -0.39 is 32.9 Å². The van der Waals surface area contributed by atoms with E-state index in [-0.39, 0.29) is 6.54 Å². The van der Waals surface area contributed by atoms with Crippen LogP contribution >= 0.6 is 0 Å². The van der Waals surface area contributed by atoms with Gasteiger partial charge in [-0.2, -0.15) is 4.31 Å². The minimum Gasteiger partial charge on any atom is -0.475 e. The number of piperidine rings is 1. The summed E-state index contributed by atoms with van der Waals surface area (Å²) in [5.74, 6) is -1.75. The fourth-order valence-corrected chi connectivity index (χ4v) is 3.27. The van der Waals surface area contributed by atoms with Gasteiger partial charge in [0.25, 0.3) is 10.0 Å². The lowest BCUT2D eigenvalue weighted by Gasteiger charge is -2.28. The van der Waals surface area contributed by atoms with Crippen LogP contribution in [0.2, 0.25) is 0 Å². The molecule has 2 heterocycles. The number of sulfonamides is 1. The molecule has 8 heteroatoms. The largest absolute Gasteiger partial charge is 0.475 e. The van der Waals surface area contributed by atoms with Crippen LogP contribution in [0.15, 0.2) is 21.6 Å². The molecule has 0 spiro atoms. The summed E-state index contributed by atoms with van der Waals surface area (Å²) >= 11 is 0. The number of nitrogens with zero attached hydrogens (tertiary/aromatic N) is 1. The molecule has 0 aromatic carbocycles.